The lowest BCUT2D eigenvalue weighted by atomic mass is 9.72. The zero-order chi connectivity index (χ0) is 15.0. The van der Waals surface area contributed by atoms with Crippen LogP contribution in [0.25, 0.3) is 0 Å². The van der Waals surface area contributed by atoms with Crippen molar-refractivity contribution in [3.05, 3.63) is 35.9 Å². The van der Waals surface area contributed by atoms with Crippen molar-refractivity contribution in [2.24, 2.45) is 11.8 Å². The summed E-state index contributed by atoms with van der Waals surface area (Å²) in [5.74, 6) is -1.84. The van der Waals surface area contributed by atoms with Gasteiger partial charge in [0.1, 0.15) is 0 Å². The predicted octanol–water partition coefficient (Wildman–Crippen LogP) is 1.52. The number of ether oxygens (including phenoxy) is 3. The Hall–Kier alpha value is -1.88. The molecule has 5 unspecified atom stereocenters. The van der Waals surface area contributed by atoms with E-state index in [9.17, 15) is 9.59 Å². The summed E-state index contributed by atoms with van der Waals surface area (Å²) in [5, 5.41) is 0. The standard InChI is InChI=1S/C16H18O5/c1-19-15(17)12-11-8-10(9-6-4-3-5-7-9)14(21-11)13(12)16(18)20-2/h3-7,10-14H,8H2,1-2H3. The number of methoxy groups -OCH3 is 2. The third kappa shape index (κ3) is 2.21. The zero-order valence-electron chi connectivity index (χ0n) is 12.0. The Balaban J connectivity index is 1.90. The zero-order valence-corrected chi connectivity index (χ0v) is 12.0. The van der Waals surface area contributed by atoms with Crippen molar-refractivity contribution < 1.29 is 23.8 Å². The van der Waals surface area contributed by atoms with Crippen molar-refractivity contribution >= 4 is 11.9 Å². The lowest BCUT2D eigenvalue weighted by Crippen LogP contribution is -2.42. The Bertz CT molecular complexity index is 541. The number of fused-ring (bicyclic) bond motifs is 2. The van der Waals surface area contributed by atoms with Crippen molar-refractivity contribution in [1.29, 1.82) is 0 Å². The molecule has 0 radical (unpaired) electrons. The number of carbonyl (C=O) groups is 2. The van der Waals surface area contributed by atoms with Gasteiger partial charge in [-0.1, -0.05) is 30.3 Å². The fourth-order valence-electron chi connectivity index (χ4n) is 3.62. The Morgan fingerprint density at radius 2 is 1.67 bits per heavy atom. The minimum Gasteiger partial charge on any atom is -0.469 e. The fraction of sp³-hybridized carbons (Fsp3) is 0.500. The van der Waals surface area contributed by atoms with Gasteiger partial charge in [-0.05, 0) is 12.0 Å². The second-order valence-corrected chi connectivity index (χ2v) is 5.49. The van der Waals surface area contributed by atoms with Gasteiger partial charge in [0.25, 0.3) is 0 Å². The summed E-state index contributed by atoms with van der Waals surface area (Å²) in [6.07, 6.45) is 0.118. The SMILES string of the molecule is COC(=O)C1C2CC(c3ccccc3)C(O2)C1C(=O)OC. The Morgan fingerprint density at radius 1 is 1.05 bits per heavy atom. The predicted molar refractivity (Wildman–Crippen MR) is 73.5 cm³/mol. The van der Waals surface area contributed by atoms with Crippen molar-refractivity contribution in [1.82, 2.24) is 0 Å². The van der Waals surface area contributed by atoms with Gasteiger partial charge < -0.3 is 14.2 Å². The first-order valence-corrected chi connectivity index (χ1v) is 7.03. The Morgan fingerprint density at radius 3 is 2.29 bits per heavy atom. The molecule has 2 fully saturated rings. The van der Waals surface area contributed by atoms with E-state index in [1.807, 2.05) is 30.3 Å². The number of rotatable bonds is 3. The second kappa shape index (κ2) is 5.48. The monoisotopic (exact) mass is 290 g/mol. The van der Waals surface area contributed by atoms with Crippen LogP contribution in [0.2, 0.25) is 0 Å². The molecule has 112 valence electrons. The average Bonchev–Trinajstić information content (AvgIpc) is 3.12. The van der Waals surface area contributed by atoms with Crippen LogP contribution >= 0.6 is 0 Å². The molecule has 0 aliphatic carbocycles. The molecule has 5 nitrogen and oxygen atoms in total. The molecule has 5 atom stereocenters. The van der Waals surface area contributed by atoms with Crippen LogP contribution in [-0.2, 0) is 23.8 Å². The number of hydrogen-bond donors (Lipinski definition) is 0. The average molecular weight is 290 g/mol. The van der Waals surface area contributed by atoms with Gasteiger partial charge in [0.2, 0.25) is 0 Å². The summed E-state index contributed by atoms with van der Waals surface area (Å²) in [5.41, 5.74) is 1.13. The lowest BCUT2D eigenvalue weighted by Gasteiger charge is -2.29. The van der Waals surface area contributed by atoms with Crippen molar-refractivity contribution in [2.75, 3.05) is 14.2 Å². The fourth-order valence-corrected chi connectivity index (χ4v) is 3.62. The van der Waals surface area contributed by atoms with Gasteiger partial charge in [0, 0.05) is 5.92 Å². The summed E-state index contributed by atoms with van der Waals surface area (Å²) in [6.45, 7) is 0. The van der Waals surface area contributed by atoms with E-state index >= 15 is 0 Å². The van der Waals surface area contributed by atoms with Crippen LogP contribution in [0.3, 0.4) is 0 Å². The van der Waals surface area contributed by atoms with E-state index in [1.165, 1.54) is 14.2 Å². The van der Waals surface area contributed by atoms with Crippen molar-refractivity contribution in [3.8, 4) is 0 Å². The van der Waals surface area contributed by atoms with Gasteiger partial charge in [0.15, 0.2) is 0 Å². The third-order valence-corrected chi connectivity index (χ3v) is 4.53. The smallest absolute Gasteiger partial charge is 0.312 e. The van der Waals surface area contributed by atoms with Crippen LogP contribution < -0.4 is 0 Å². The maximum absolute atomic E-state index is 12.1. The van der Waals surface area contributed by atoms with E-state index in [-0.39, 0.29) is 18.1 Å². The van der Waals surface area contributed by atoms with Crippen molar-refractivity contribution in [2.45, 2.75) is 24.5 Å². The number of carbonyl (C=O) groups excluding carboxylic acids is 2. The second-order valence-electron chi connectivity index (χ2n) is 5.49. The molecule has 2 heterocycles. The highest BCUT2D eigenvalue weighted by Gasteiger charge is 2.60. The molecule has 2 aliphatic rings. The van der Waals surface area contributed by atoms with E-state index in [0.29, 0.717) is 0 Å². The topological polar surface area (TPSA) is 61.8 Å². The molecule has 21 heavy (non-hydrogen) atoms. The lowest BCUT2D eigenvalue weighted by molar-refractivity contribution is -0.158. The number of esters is 2. The molecule has 1 aromatic carbocycles. The van der Waals surface area contributed by atoms with Gasteiger partial charge >= 0.3 is 11.9 Å². The van der Waals surface area contributed by atoms with Crippen LogP contribution in [0.1, 0.15) is 17.9 Å². The highest BCUT2D eigenvalue weighted by molar-refractivity contribution is 5.84. The van der Waals surface area contributed by atoms with Gasteiger partial charge in [-0.2, -0.15) is 0 Å². The molecule has 0 aromatic heterocycles. The summed E-state index contributed by atoms with van der Waals surface area (Å²) in [6, 6.07) is 9.93. The molecule has 0 saturated carbocycles. The first-order chi connectivity index (χ1) is 10.2. The summed E-state index contributed by atoms with van der Waals surface area (Å²) in [7, 11) is 2.66. The molecule has 0 amide bonds. The number of hydrogen-bond acceptors (Lipinski definition) is 5. The van der Waals surface area contributed by atoms with Crippen molar-refractivity contribution in [3.63, 3.8) is 0 Å². The highest BCUT2D eigenvalue weighted by Crippen LogP contribution is 2.51. The van der Waals surface area contributed by atoms with Gasteiger partial charge in [-0.3, -0.25) is 9.59 Å². The van der Waals surface area contributed by atoms with Gasteiger partial charge in [0.05, 0.1) is 38.3 Å². The molecule has 0 spiro atoms. The van der Waals surface area contributed by atoms with Crippen LogP contribution in [0.4, 0.5) is 0 Å². The van der Waals surface area contributed by atoms with Gasteiger partial charge in [-0.15, -0.1) is 0 Å². The quantitative estimate of drug-likeness (QED) is 0.790. The maximum Gasteiger partial charge on any atom is 0.312 e. The largest absolute Gasteiger partial charge is 0.469 e. The molecule has 3 rings (SSSR count). The molecular weight excluding hydrogens is 272 g/mol. The first kappa shape index (κ1) is 14.1. The minimum atomic E-state index is -0.591. The molecular formula is C16H18O5. The van der Waals surface area contributed by atoms with Crippen LogP contribution in [0.15, 0.2) is 30.3 Å². The van der Waals surface area contributed by atoms with E-state index in [4.69, 9.17) is 14.2 Å². The molecule has 2 saturated heterocycles. The molecule has 1 aromatic rings. The summed E-state index contributed by atoms with van der Waals surface area (Å²) >= 11 is 0. The molecule has 2 aliphatic heterocycles. The maximum atomic E-state index is 12.1. The number of benzene rings is 1. The molecule has 5 heteroatoms. The molecule has 2 bridgehead atoms. The minimum absolute atomic E-state index is 0.112. The Kier molecular flexibility index (Phi) is 3.68. The third-order valence-electron chi connectivity index (χ3n) is 4.53. The van der Waals surface area contributed by atoms with E-state index in [0.717, 1.165) is 12.0 Å². The van der Waals surface area contributed by atoms with Crippen LogP contribution in [0, 0.1) is 11.8 Å². The van der Waals surface area contributed by atoms with Gasteiger partial charge in [-0.25, -0.2) is 0 Å². The van der Waals surface area contributed by atoms with Crippen LogP contribution in [-0.4, -0.2) is 38.4 Å². The summed E-state index contributed by atoms with van der Waals surface area (Å²) < 4.78 is 15.6. The Labute approximate surface area is 123 Å². The normalized spacial score (nSPS) is 33.7. The van der Waals surface area contributed by atoms with E-state index in [2.05, 4.69) is 0 Å². The van der Waals surface area contributed by atoms with E-state index < -0.39 is 23.8 Å². The molecule has 0 N–H and O–H groups in total. The van der Waals surface area contributed by atoms with E-state index in [1.54, 1.807) is 0 Å². The highest BCUT2D eigenvalue weighted by atomic mass is 16.6. The van der Waals surface area contributed by atoms with Crippen LogP contribution in [0.5, 0.6) is 0 Å². The summed E-state index contributed by atoms with van der Waals surface area (Å²) in [4.78, 5) is 24.1. The first-order valence-electron chi connectivity index (χ1n) is 7.03.